The second kappa shape index (κ2) is 10.8. The van der Waals surface area contributed by atoms with E-state index in [2.05, 4.69) is 16.0 Å². The van der Waals surface area contributed by atoms with Crippen molar-refractivity contribution in [1.29, 1.82) is 0 Å². The number of amides is 2. The maximum atomic E-state index is 12.5. The topological polar surface area (TPSA) is 79.5 Å². The highest BCUT2D eigenvalue weighted by Gasteiger charge is 2.10. The fourth-order valence-electron chi connectivity index (χ4n) is 3.05. The van der Waals surface area contributed by atoms with Gasteiger partial charge in [0.2, 0.25) is 5.91 Å². The quantitative estimate of drug-likeness (QED) is 0.491. The third kappa shape index (κ3) is 6.60. The van der Waals surface area contributed by atoms with Gasteiger partial charge in [0.05, 0.1) is 13.7 Å². The Hall–Kier alpha value is -3.80. The average Bonchev–Trinajstić information content (AvgIpc) is 2.79. The molecule has 0 saturated carbocycles. The SMILES string of the molecule is COc1ccc(CCNC(=O)CNc2cc(C(=O)Nc3ccccc3)ccc2C)cc1. The van der Waals surface area contributed by atoms with Crippen LogP contribution in [0.5, 0.6) is 5.75 Å². The molecule has 0 fully saturated rings. The van der Waals surface area contributed by atoms with Crippen LogP contribution in [0.3, 0.4) is 0 Å². The van der Waals surface area contributed by atoms with Crippen molar-refractivity contribution in [2.75, 3.05) is 30.8 Å². The van der Waals surface area contributed by atoms with Crippen molar-refractivity contribution in [2.24, 2.45) is 0 Å². The Balaban J connectivity index is 1.49. The molecule has 3 N–H and O–H groups in total. The average molecular weight is 418 g/mol. The van der Waals surface area contributed by atoms with E-state index < -0.39 is 0 Å². The summed E-state index contributed by atoms with van der Waals surface area (Å²) in [4.78, 5) is 24.7. The van der Waals surface area contributed by atoms with E-state index in [9.17, 15) is 9.59 Å². The van der Waals surface area contributed by atoms with Gasteiger partial charge in [0.1, 0.15) is 5.75 Å². The minimum absolute atomic E-state index is 0.105. The first kappa shape index (κ1) is 21.9. The molecule has 3 rings (SSSR count). The number of carbonyl (C=O) groups excluding carboxylic acids is 2. The molecule has 3 aromatic rings. The zero-order valence-corrected chi connectivity index (χ0v) is 17.8. The number of nitrogens with one attached hydrogen (secondary N) is 3. The Kier molecular flexibility index (Phi) is 7.65. The summed E-state index contributed by atoms with van der Waals surface area (Å²) in [5, 5.41) is 8.90. The van der Waals surface area contributed by atoms with Crippen LogP contribution in [-0.4, -0.2) is 32.0 Å². The van der Waals surface area contributed by atoms with Gasteiger partial charge in [-0.25, -0.2) is 0 Å². The summed E-state index contributed by atoms with van der Waals surface area (Å²) in [5.41, 5.74) is 4.10. The van der Waals surface area contributed by atoms with Crippen molar-refractivity contribution >= 4 is 23.2 Å². The van der Waals surface area contributed by atoms with Crippen molar-refractivity contribution in [3.63, 3.8) is 0 Å². The highest BCUT2D eigenvalue weighted by Crippen LogP contribution is 2.18. The fourth-order valence-corrected chi connectivity index (χ4v) is 3.05. The lowest BCUT2D eigenvalue weighted by molar-refractivity contribution is -0.119. The van der Waals surface area contributed by atoms with Crippen LogP contribution in [0.25, 0.3) is 0 Å². The predicted octanol–water partition coefficient (Wildman–Crippen LogP) is 4.03. The first-order valence-electron chi connectivity index (χ1n) is 10.2. The number of rotatable bonds is 9. The van der Waals surface area contributed by atoms with Gasteiger partial charge in [0.15, 0.2) is 0 Å². The molecule has 0 saturated heterocycles. The first-order valence-corrected chi connectivity index (χ1v) is 10.2. The molecular formula is C25H27N3O3. The minimum atomic E-state index is -0.196. The van der Waals surface area contributed by atoms with E-state index in [4.69, 9.17) is 4.74 Å². The fraction of sp³-hybridized carbons (Fsp3) is 0.200. The van der Waals surface area contributed by atoms with E-state index in [1.54, 1.807) is 19.2 Å². The van der Waals surface area contributed by atoms with Gasteiger partial charge in [-0.3, -0.25) is 9.59 Å². The summed E-state index contributed by atoms with van der Waals surface area (Å²) in [6.45, 7) is 2.61. The molecule has 0 aliphatic carbocycles. The molecule has 6 nitrogen and oxygen atoms in total. The van der Waals surface area contributed by atoms with Crippen LogP contribution in [-0.2, 0) is 11.2 Å². The second-order valence-corrected chi connectivity index (χ2v) is 7.15. The van der Waals surface area contributed by atoms with Gasteiger partial charge in [-0.1, -0.05) is 36.4 Å². The third-order valence-electron chi connectivity index (χ3n) is 4.87. The lowest BCUT2D eigenvalue weighted by atomic mass is 10.1. The van der Waals surface area contributed by atoms with Gasteiger partial charge >= 0.3 is 0 Å². The van der Waals surface area contributed by atoms with Crippen LogP contribution in [0.2, 0.25) is 0 Å². The van der Waals surface area contributed by atoms with Crippen LogP contribution >= 0.6 is 0 Å². The second-order valence-electron chi connectivity index (χ2n) is 7.15. The standard InChI is InChI=1S/C25H27N3O3/c1-18-8-11-20(25(30)28-21-6-4-3-5-7-21)16-23(18)27-17-24(29)26-15-14-19-9-12-22(31-2)13-10-19/h3-13,16,27H,14-15,17H2,1-2H3,(H,26,29)(H,28,30). The number of methoxy groups -OCH3 is 1. The zero-order chi connectivity index (χ0) is 22.1. The molecular weight excluding hydrogens is 390 g/mol. The lowest BCUT2D eigenvalue weighted by Gasteiger charge is -2.12. The smallest absolute Gasteiger partial charge is 0.255 e. The Morgan fingerprint density at radius 3 is 2.39 bits per heavy atom. The molecule has 0 heterocycles. The minimum Gasteiger partial charge on any atom is -0.497 e. The van der Waals surface area contributed by atoms with E-state index in [-0.39, 0.29) is 18.4 Å². The number of carbonyl (C=O) groups is 2. The molecule has 0 aliphatic heterocycles. The van der Waals surface area contributed by atoms with Crippen LogP contribution in [0.1, 0.15) is 21.5 Å². The molecule has 0 spiro atoms. The molecule has 2 amide bonds. The van der Waals surface area contributed by atoms with Crippen molar-refractivity contribution in [2.45, 2.75) is 13.3 Å². The maximum absolute atomic E-state index is 12.5. The molecule has 31 heavy (non-hydrogen) atoms. The van der Waals surface area contributed by atoms with Gasteiger partial charge in [-0.15, -0.1) is 0 Å². The summed E-state index contributed by atoms with van der Waals surface area (Å²) in [6.07, 6.45) is 0.740. The van der Waals surface area contributed by atoms with Gasteiger partial charge in [-0.2, -0.15) is 0 Å². The lowest BCUT2D eigenvalue weighted by Crippen LogP contribution is -2.31. The number of benzene rings is 3. The highest BCUT2D eigenvalue weighted by atomic mass is 16.5. The van der Waals surface area contributed by atoms with Crippen molar-refractivity contribution in [3.05, 3.63) is 89.5 Å². The van der Waals surface area contributed by atoms with Gasteiger partial charge < -0.3 is 20.7 Å². The van der Waals surface area contributed by atoms with Crippen molar-refractivity contribution < 1.29 is 14.3 Å². The molecule has 0 bridgehead atoms. The predicted molar refractivity (Wildman–Crippen MR) is 124 cm³/mol. The Morgan fingerprint density at radius 1 is 0.935 bits per heavy atom. The Morgan fingerprint density at radius 2 is 1.68 bits per heavy atom. The Labute approximate surface area is 182 Å². The number of hydrogen-bond acceptors (Lipinski definition) is 4. The van der Waals surface area contributed by atoms with E-state index in [0.29, 0.717) is 12.1 Å². The number of ether oxygens (including phenoxy) is 1. The number of aryl methyl sites for hydroxylation is 1. The van der Waals surface area contributed by atoms with Crippen LogP contribution < -0.4 is 20.7 Å². The first-order chi connectivity index (χ1) is 15.0. The van der Waals surface area contributed by atoms with Crippen LogP contribution in [0.4, 0.5) is 11.4 Å². The molecule has 3 aromatic carbocycles. The zero-order valence-electron chi connectivity index (χ0n) is 17.8. The molecule has 0 aromatic heterocycles. The van der Waals surface area contributed by atoms with Crippen molar-refractivity contribution in [1.82, 2.24) is 5.32 Å². The van der Waals surface area contributed by atoms with Crippen LogP contribution in [0.15, 0.2) is 72.8 Å². The van der Waals surface area contributed by atoms with E-state index in [1.807, 2.05) is 67.6 Å². The van der Waals surface area contributed by atoms with E-state index in [1.165, 1.54) is 0 Å². The summed E-state index contributed by atoms with van der Waals surface area (Å²) in [5.74, 6) is 0.511. The molecule has 160 valence electrons. The summed E-state index contributed by atoms with van der Waals surface area (Å²) >= 11 is 0. The third-order valence-corrected chi connectivity index (χ3v) is 4.87. The number of para-hydroxylation sites is 1. The molecule has 0 aliphatic rings. The number of hydrogen-bond donors (Lipinski definition) is 3. The van der Waals surface area contributed by atoms with Gasteiger partial charge in [-0.05, 0) is 60.9 Å². The maximum Gasteiger partial charge on any atom is 0.255 e. The summed E-state index contributed by atoms with van der Waals surface area (Å²) in [6, 6.07) is 22.5. The molecule has 0 atom stereocenters. The van der Waals surface area contributed by atoms with Gasteiger partial charge in [0, 0.05) is 23.5 Å². The monoisotopic (exact) mass is 417 g/mol. The van der Waals surface area contributed by atoms with E-state index >= 15 is 0 Å². The largest absolute Gasteiger partial charge is 0.497 e. The van der Waals surface area contributed by atoms with Crippen molar-refractivity contribution in [3.8, 4) is 5.75 Å². The van der Waals surface area contributed by atoms with Gasteiger partial charge in [0.25, 0.3) is 5.91 Å². The summed E-state index contributed by atoms with van der Waals surface area (Å²) in [7, 11) is 1.63. The number of anilines is 2. The molecule has 0 radical (unpaired) electrons. The molecule has 6 heteroatoms. The van der Waals surface area contributed by atoms with Crippen LogP contribution in [0, 0.1) is 6.92 Å². The normalized spacial score (nSPS) is 10.3. The molecule has 0 unspecified atom stereocenters. The van der Waals surface area contributed by atoms with E-state index in [0.717, 1.165) is 34.7 Å². The highest BCUT2D eigenvalue weighted by molar-refractivity contribution is 6.05. The Bertz CT molecular complexity index is 1020. The summed E-state index contributed by atoms with van der Waals surface area (Å²) < 4.78 is 5.15.